The van der Waals surface area contributed by atoms with Crippen LogP contribution in [0.3, 0.4) is 0 Å². The molecule has 0 aliphatic rings. The Kier molecular flexibility index (Phi) is 10.1. The molecule has 0 atom stereocenters. The van der Waals surface area contributed by atoms with Gasteiger partial charge in [0.1, 0.15) is 24.7 Å². The van der Waals surface area contributed by atoms with Crippen molar-refractivity contribution in [1.82, 2.24) is 8.80 Å². The summed E-state index contributed by atoms with van der Waals surface area (Å²) in [7, 11) is -1.02. The second-order valence-electron chi connectivity index (χ2n) is 10.2. The zero-order chi connectivity index (χ0) is 18.3. The van der Waals surface area contributed by atoms with E-state index in [1.54, 1.807) is 0 Å². The Balaban J connectivity index is 3.81. The molecule has 0 fully saturated rings. The first-order valence-electron chi connectivity index (χ1n) is 9.75. The van der Waals surface area contributed by atoms with Crippen molar-refractivity contribution in [3.05, 3.63) is 0 Å². The summed E-state index contributed by atoms with van der Waals surface area (Å²) in [6.07, 6.45) is 8.50. The molecule has 0 aliphatic heterocycles. The highest BCUT2D eigenvalue weighted by Gasteiger charge is 2.33. The predicted molar refractivity (Wildman–Crippen MR) is 117 cm³/mol. The second-order valence-corrected chi connectivity index (χ2v) is 25.5. The zero-order valence-electron chi connectivity index (χ0n) is 18.1. The van der Waals surface area contributed by atoms with E-state index in [0.29, 0.717) is 0 Å². The first-order chi connectivity index (χ1) is 10.3. The summed E-state index contributed by atoms with van der Waals surface area (Å²) in [6, 6.07) is 0. The Hall–Kier alpha value is 0.571. The quantitative estimate of drug-likeness (QED) is 0.302. The van der Waals surface area contributed by atoms with Gasteiger partial charge in [0.25, 0.3) is 0 Å². The lowest BCUT2D eigenvalue weighted by Gasteiger charge is -2.43. The molecule has 0 aromatic heterocycles. The fraction of sp³-hybridized carbons (Fsp3) is 1.00. The van der Waals surface area contributed by atoms with Crippen molar-refractivity contribution in [1.29, 1.82) is 0 Å². The first kappa shape index (κ1) is 23.6. The summed E-state index contributed by atoms with van der Waals surface area (Å²) >= 11 is 0. The molecule has 0 unspecified atom stereocenters. The average molecular weight is 375 g/mol. The van der Waals surface area contributed by atoms with Crippen molar-refractivity contribution in [2.24, 2.45) is 0 Å². The molecule has 0 heterocycles. The van der Waals surface area contributed by atoms with Gasteiger partial charge < -0.3 is 8.80 Å². The summed E-state index contributed by atoms with van der Waals surface area (Å²) in [5.74, 6) is 0. The monoisotopic (exact) mass is 374 g/mol. The highest BCUT2D eigenvalue weighted by atomic mass is 28.4. The summed E-state index contributed by atoms with van der Waals surface area (Å²) in [6.45, 7) is 25.1. The molecule has 0 bridgehead atoms. The molecule has 5 heteroatoms. The van der Waals surface area contributed by atoms with E-state index < -0.39 is 24.7 Å². The summed E-state index contributed by atoms with van der Waals surface area (Å²) < 4.78 is 5.55. The Bertz CT molecular complexity index is 300. The SMILES string of the molecule is CN(CCCCCCCCN([Si](C)(C)C)[Si](C)(C)C)[Si](C)(C)C. The summed E-state index contributed by atoms with van der Waals surface area (Å²) in [5.41, 5.74) is 0. The van der Waals surface area contributed by atoms with Crippen LogP contribution in [0.15, 0.2) is 0 Å². The maximum Gasteiger partial charge on any atom is 0.118 e. The highest BCUT2D eigenvalue weighted by molar-refractivity contribution is 6.89. The number of unbranched alkanes of at least 4 members (excludes halogenated alkanes) is 5. The van der Waals surface area contributed by atoms with Crippen molar-refractivity contribution in [3.63, 3.8) is 0 Å². The molecule has 0 aromatic carbocycles. The Morgan fingerprint density at radius 3 is 1.17 bits per heavy atom. The van der Waals surface area contributed by atoms with Crippen LogP contribution in [0.5, 0.6) is 0 Å². The van der Waals surface area contributed by atoms with Crippen LogP contribution in [-0.2, 0) is 0 Å². The smallest absolute Gasteiger partial charge is 0.118 e. The predicted octanol–water partition coefficient (Wildman–Crippen LogP) is 6.07. The van der Waals surface area contributed by atoms with Crippen LogP contribution >= 0.6 is 0 Å². The fourth-order valence-electron chi connectivity index (χ4n) is 3.34. The molecule has 0 aromatic rings. The maximum absolute atomic E-state index is 2.93. The van der Waals surface area contributed by atoms with Gasteiger partial charge in [-0.15, -0.1) is 0 Å². The molecule has 0 aliphatic carbocycles. The van der Waals surface area contributed by atoms with E-state index in [4.69, 9.17) is 0 Å². The lowest BCUT2D eigenvalue weighted by Crippen LogP contribution is -2.59. The van der Waals surface area contributed by atoms with Gasteiger partial charge in [-0.25, -0.2) is 0 Å². The van der Waals surface area contributed by atoms with E-state index in [1.165, 1.54) is 51.6 Å². The van der Waals surface area contributed by atoms with Crippen molar-refractivity contribution in [2.75, 3.05) is 20.1 Å². The number of hydrogen-bond acceptors (Lipinski definition) is 2. The second kappa shape index (κ2) is 9.90. The van der Waals surface area contributed by atoms with Crippen LogP contribution in [-0.4, -0.2) is 53.6 Å². The average Bonchev–Trinajstić information content (AvgIpc) is 2.32. The minimum absolute atomic E-state index is 1.05. The van der Waals surface area contributed by atoms with E-state index in [2.05, 4.69) is 74.8 Å². The number of nitrogens with zero attached hydrogens (tertiary/aromatic N) is 2. The van der Waals surface area contributed by atoms with Crippen molar-refractivity contribution in [3.8, 4) is 0 Å². The molecule has 0 N–H and O–H groups in total. The van der Waals surface area contributed by atoms with Gasteiger partial charge in [-0.2, -0.15) is 0 Å². The Morgan fingerprint density at radius 1 is 0.478 bits per heavy atom. The third kappa shape index (κ3) is 10.9. The summed E-state index contributed by atoms with van der Waals surface area (Å²) in [4.78, 5) is 0. The molecular formula is C18H46N2Si3. The van der Waals surface area contributed by atoms with Crippen LogP contribution in [0.25, 0.3) is 0 Å². The molecule has 0 rings (SSSR count). The van der Waals surface area contributed by atoms with Crippen molar-refractivity contribution in [2.45, 2.75) is 97.4 Å². The largest absolute Gasteiger partial charge is 0.346 e. The highest BCUT2D eigenvalue weighted by Crippen LogP contribution is 2.21. The first-order valence-corrected chi connectivity index (χ1v) is 20.1. The zero-order valence-corrected chi connectivity index (χ0v) is 21.1. The van der Waals surface area contributed by atoms with Crippen LogP contribution in [0.2, 0.25) is 58.9 Å². The minimum atomic E-state index is -1.14. The number of rotatable bonds is 12. The molecule has 0 saturated heterocycles. The van der Waals surface area contributed by atoms with E-state index in [-0.39, 0.29) is 0 Å². The molecule has 0 amide bonds. The van der Waals surface area contributed by atoms with Crippen LogP contribution in [0, 0.1) is 0 Å². The van der Waals surface area contributed by atoms with E-state index in [9.17, 15) is 0 Å². The lowest BCUT2D eigenvalue weighted by molar-refractivity contribution is 0.465. The van der Waals surface area contributed by atoms with Gasteiger partial charge in [0.2, 0.25) is 0 Å². The third-order valence-corrected chi connectivity index (χ3v) is 15.1. The van der Waals surface area contributed by atoms with Crippen LogP contribution in [0.4, 0.5) is 0 Å². The van der Waals surface area contributed by atoms with Crippen molar-refractivity contribution < 1.29 is 0 Å². The van der Waals surface area contributed by atoms with Gasteiger partial charge in [0, 0.05) is 0 Å². The summed E-state index contributed by atoms with van der Waals surface area (Å²) in [5, 5.41) is 0. The molecule has 23 heavy (non-hydrogen) atoms. The number of hydrogen-bond donors (Lipinski definition) is 0. The lowest BCUT2D eigenvalue weighted by atomic mass is 10.1. The molecule has 0 saturated carbocycles. The normalized spacial score (nSPS) is 14.1. The molecule has 2 nitrogen and oxygen atoms in total. The molecular weight excluding hydrogens is 328 g/mol. The molecule has 0 spiro atoms. The van der Waals surface area contributed by atoms with E-state index >= 15 is 0 Å². The van der Waals surface area contributed by atoms with Crippen molar-refractivity contribution >= 4 is 24.7 Å². The van der Waals surface area contributed by atoms with Gasteiger partial charge in [-0.3, -0.25) is 0 Å². The fourth-order valence-corrected chi connectivity index (χ4v) is 13.9. The van der Waals surface area contributed by atoms with Gasteiger partial charge in [0.05, 0.1) is 0 Å². The van der Waals surface area contributed by atoms with Gasteiger partial charge in [0.15, 0.2) is 0 Å². The Morgan fingerprint density at radius 2 is 0.826 bits per heavy atom. The molecule has 0 radical (unpaired) electrons. The maximum atomic E-state index is 2.93. The minimum Gasteiger partial charge on any atom is -0.346 e. The topological polar surface area (TPSA) is 6.48 Å². The van der Waals surface area contributed by atoms with Crippen LogP contribution < -0.4 is 0 Å². The van der Waals surface area contributed by atoms with E-state index in [1.807, 2.05) is 0 Å². The van der Waals surface area contributed by atoms with Gasteiger partial charge in [-0.05, 0) is 33.0 Å². The van der Waals surface area contributed by atoms with E-state index in [0.717, 1.165) is 0 Å². The van der Waals surface area contributed by atoms with Gasteiger partial charge in [-0.1, -0.05) is 84.6 Å². The van der Waals surface area contributed by atoms with Gasteiger partial charge >= 0.3 is 0 Å². The third-order valence-electron chi connectivity index (χ3n) is 4.89. The Labute approximate surface area is 151 Å². The molecule has 140 valence electrons. The van der Waals surface area contributed by atoms with Crippen LogP contribution in [0.1, 0.15) is 38.5 Å². The standard InChI is InChI=1S/C18H46N2Si3/c1-19(21(2,3)4)17-15-13-11-12-14-16-18-20(22(5,6)7)23(8,9)10/h11-18H2,1-10H3.